The Labute approximate surface area is 230 Å². The molecule has 2 saturated heterocycles. The second kappa shape index (κ2) is 10.1. The minimum absolute atomic E-state index is 0.123. The second-order valence-electron chi connectivity index (χ2n) is 10.2. The molecule has 3 aromatic carbocycles. The normalized spacial score (nSPS) is 22.6. The quantitative estimate of drug-likeness (QED) is 0.130. The summed E-state index contributed by atoms with van der Waals surface area (Å²) in [5.74, 6) is -2.37. The molecule has 2 amide bonds. The number of carbonyl (C=O) groups is 3. The van der Waals surface area contributed by atoms with Gasteiger partial charge >= 0.3 is 0 Å². The van der Waals surface area contributed by atoms with Crippen LogP contribution in [-0.2, 0) is 9.59 Å². The smallest absolute Gasteiger partial charge is 0.270 e. The van der Waals surface area contributed by atoms with E-state index in [1.165, 1.54) is 29.2 Å². The number of fused-ring (bicyclic) bond motifs is 5. The minimum Gasteiger partial charge on any atom is -0.494 e. The zero-order chi connectivity index (χ0) is 28.0. The summed E-state index contributed by atoms with van der Waals surface area (Å²) in [6.45, 7) is 2.65. The lowest BCUT2D eigenvalue weighted by Crippen LogP contribution is -2.48. The molecule has 3 heterocycles. The predicted octanol–water partition coefficient (Wildman–Crippen LogP) is 5.05. The Hall–Kier alpha value is -4.79. The van der Waals surface area contributed by atoms with E-state index in [2.05, 4.69) is 6.92 Å². The van der Waals surface area contributed by atoms with Crippen molar-refractivity contribution in [3.8, 4) is 5.75 Å². The molecule has 2 fully saturated rings. The van der Waals surface area contributed by atoms with Crippen LogP contribution in [-0.4, -0.2) is 41.2 Å². The maximum atomic E-state index is 14.1. The molecule has 202 valence electrons. The van der Waals surface area contributed by atoms with E-state index < -0.39 is 40.5 Å². The van der Waals surface area contributed by atoms with Crippen LogP contribution < -0.4 is 14.5 Å². The molecule has 9 nitrogen and oxygen atoms in total. The van der Waals surface area contributed by atoms with Gasteiger partial charge in [-0.1, -0.05) is 55.8 Å². The molecular weight excluding hydrogens is 510 g/mol. The van der Waals surface area contributed by atoms with E-state index in [1.54, 1.807) is 24.3 Å². The highest BCUT2D eigenvalue weighted by Crippen LogP contribution is 2.50. The molecule has 9 heteroatoms. The van der Waals surface area contributed by atoms with Crippen molar-refractivity contribution in [1.29, 1.82) is 0 Å². The zero-order valence-corrected chi connectivity index (χ0v) is 21.8. The fourth-order valence-electron chi connectivity index (χ4n) is 6.04. The first kappa shape index (κ1) is 25.5. The number of para-hydroxylation sites is 1. The second-order valence-corrected chi connectivity index (χ2v) is 10.2. The monoisotopic (exact) mass is 537 g/mol. The van der Waals surface area contributed by atoms with Crippen molar-refractivity contribution >= 4 is 40.7 Å². The molecule has 0 N–H and O–H groups in total. The predicted molar refractivity (Wildman–Crippen MR) is 149 cm³/mol. The maximum Gasteiger partial charge on any atom is 0.270 e. The number of rotatable bonds is 8. The van der Waals surface area contributed by atoms with Gasteiger partial charge < -0.3 is 9.64 Å². The Morgan fingerprint density at radius 2 is 1.73 bits per heavy atom. The molecular formula is C31H27N3O6. The van der Waals surface area contributed by atoms with Gasteiger partial charge in [-0.2, -0.15) is 0 Å². The van der Waals surface area contributed by atoms with E-state index in [0.717, 1.165) is 24.1 Å². The largest absolute Gasteiger partial charge is 0.494 e. The molecule has 3 aliphatic rings. The van der Waals surface area contributed by atoms with Gasteiger partial charge in [0.15, 0.2) is 5.78 Å². The number of hydrogen-bond donors (Lipinski definition) is 0. The molecule has 3 aromatic rings. The van der Waals surface area contributed by atoms with Crippen molar-refractivity contribution in [2.45, 2.75) is 31.8 Å². The van der Waals surface area contributed by atoms with Crippen molar-refractivity contribution in [3.63, 3.8) is 0 Å². The molecule has 0 bridgehead atoms. The highest BCUT2D eigenvalue weighted by molar-refractivity contribution is 6.25. The Morgan fingerprint density at radius 3 is 2.48 bits per heavy atom. The average molecular weight is 538 g/mol. The molecule has 4 atom stereocenters. The molecule has 6 rings (SSSR count). The number of imide groups is 1. The van der Waals surface area contributed by atoms with E-state index in [4.69, 9.17) is 4.74 Å². The summed E-state index contributed by atoms with van der Waals surface area (Å²) < 4.78 is 5.72. The first-order valence-electron chi connectivity index (χ1n) is 13.4. The summed E-state index contributed by atoms with van der Waals surface area (Å²) in [6, 6.07) is 18.3. The maximum absolute atomic E-state index is 14.1. The number of benzene rings is 3. The molecule has 0 unspecified atom stereocenters. The van der Waals surface area contributed by atoms with Gasteiger partial charge in [0.05, 0.1) is 35.1 Å². The number of carbonyl (C=O) groups excluding carboxylic acids is 3. The first-order valence-corrected chi connectivity index (χ1v) is 13.4. The lowest BCUT2D eigenvalue weighted by Gasteiger charge is -2.36. The summed E-state index contributed by atoms with van der Waals surface area (Å²) in [7, 11) is 0. The molecule has 40 heavy (non-hydrogen) atoms. The van der Waals surface area contributed by atoms with Crippen LogP contribution >= 0.6 is 0 Å². The van der Waals surface area contributed by atoms with Crippen LogP contribution in [0.2, 0.25) is 0 Å². The topological polar surface area (TPSA) is 110 Å². The molecule has 3 aliphatic heterocycles. The number of amides is 2. The summed E-state index contributed by atoms with van der Waals surface area (Å²) in [6.07, 6.45) is 5.71. The van der Waals surface area contributed by atoms with Gasteiger partial charge in [0.25, 0.3) is 5.69 Å². The number of Topliss-reactive ketones (excluding diaryl/α,β-unsaturated/α-hetero) is 1. The van der Waals surface area contributed by atoms with Crippen LogP contribution in [0.15, 0.2) is 78.9 Å². The lowest BCUT2D eigenvalue weighted by atomic mass is 9.86. The molecule has 0 radical (unpaired) electrons. The average Bonchev–Trinajstić information content (AvgIpc) is 3.45. The van der Waals surface area contributed by atoms with Gasteiger partial charge in [0, 0.05) is 23.4 Å². The van der Waals surface area contributed by atoms with Crippen molar-refractivity contribution in [2.75, 3.05) is 16.4 Å². The number of unbranched alkanes of at least 4 members (excludes halogenated alkanes) is 1. The van der Waals surface area contributed by atoms with Crippen LogP contribution in [0.4, 0.5) is 17.1 Å². The third-order valence-corrected chi connectivity index (χ3v) is 7.89. The van der Waals surface area contributed by atoms with E-state index in [1.807, 2.05) is 41.3 Å². The van der Waals surface area contributed by atoms with E-state index in [9.17, 15) is 24.5 Å². The number of ketones is 1. The number of non-ortho nitro benzene ring substituents is 1. The number of hydrogen-bond acceptors (Lipinski definition) is 7. The van der Waals surface area contributed by atoms with E-state index in [0.29, 0.717) is 18.0 Å². The van der Waals surface area contributed by atoms with Gasteiger partial charge in [-0.3, -0.25) is 24.5 Å². The standard InChI is InChI=1S/C31H27N3O6/c1-2-3-17-40-23-14-12-21(13-15-23)32-30(36)26-25-16-11-19-7-4-5-10-24(19)33(25)28(27(26)31(32)37)29(35)20-8-6-9-22(18-20)34(38)39/h4-16,18,25-28H,2-3,17H2,1H3/t25-,26-,27-,28-/m0/s1. The molecule has 0 aromatic heterocycles. The Morgan fingerprint density at radius 1 is 0.975 bits per heavy atom. The van der Waals surface area contributed by atoms with Crippen molar-refractivity contribution in [2.24, 2.45) is 11.8 Å². The third kappa shape index (κ3) is 4.05. The van der Waals surface area contributed by atoms with Crippen molar-refractivity contribution < 1.29 is 24.0 Å². The third-order valence-electron chi connectivity index (χ3n) is 7.89. The van der Waals surface area contributed by atoms with Crippen LogP contribution in [0.25, 0.3) is 6.08 Å². The molecule has 0 spiro atoms. The van der Waals surface area contributed by atoms with Gasteiger partial charge in [0.1, 0.15) is 11.8 Å². The van der Waals surface area contributed by atoms with Gasteiger partial charge in [-0.15, -0.1) is 0 Å². The van der Waals surface area contributed by atoms with Gasteiger partial charge in [-0.05, 0) is 42.3 Å². The number of nitro groups is 1. The van der Waals surface area contributed by atoms with Gasteiger partial charge in [-0.25, -0.2) is 4.90 Å². The van der Waals surface area contributed by atoms with Crippen LogP contribution in [0.5, 0.6) is 5.75 Å². The number of nitro benzene ring substituents is 1. The summed E-state index contributed by atoms with van der Waals surface area (Å²) in [5, 5.41) is 11.4. The first-order chi connectivity index (χ1) is 19.4. The van der Waals surface area contributed by atoms with Gasteiger partial charge in [0.2, 0.25) is 11.8 Å². The molecule has 0 aliphatic carbocycles. The lowest BCUT2D eigenvalue weighted by molar-refractivity contribution is -0.384. The van der Waals surface area contributed by atoms with Crippen LogP contribution in [0.3, 0.4) is 0 Å². The number of ether oxygens (including phenoxy) is 1. The highest BCUT2D eigenvalue weighted by atomic mass is 16.6. The minimum atomic E-state index is -1.01. The summed E-state index contributed by atoms with van der Waals surface area (Å²) >= 11 is 0. The zero-order valence-electron chi connectivity index (χ0n) is 21.8. The molecule has 0 saturated carbocycles. The number of anilines is 2. The van der Waals surface area contributed by atoms with Crippen LogP contribution in [0, 0.1) is 22.0 Å². The van der Waals surface area contributed by atoms with E-state index >= 15 is 0 Å². The Bertz CT molecular complexity index is 1550. The van der Waals surface area contributed by atoms with Crippen molar-refractivity contribution in [1.82, 2.24) is 0 Å². The Kier molecular flexibility index (Phi) is 6.42. The van der Waals surface area contributed by atoms with E-state index in [-0.39, 0.29) is 17.2 Å². The highest BCUT2D eigenvalue weighted by Gasteiger charge is 2.64. The Balaban J connectivity index is 1.40. The fraction of sp³-hybridized carbons (Fsp3) is 0.258. The van der Waals surface area contributed by atoms with Crippen LogP contribution in [0.1, 0.15) is 35.7 Å². The SMILES string of the molecule is CCCCOc1ccc(N2C(=O)[C@@H]3[C@H](C2=O)[C@@H](C(=O)c2cccc([N+](=O)[O-])c2)N2c4ccccc4C=C[C@@H]32)cc1. The summed E-state index contributed by atoms with van der Waals surface area (Å²) in [5.41, 5.74) is 1.94. The summed E-state index contributed by atoms with van der Waals surface area (Å²) in [4.78, 5) is 55.9. The van der Waals surface area contributed by atoms with Crippen molar-refractivity contribution in [3.05, 3.63) is 100 Å². The fourth-order valence-corrected chi connectivity index (χ4v) is 6.04. The number of nitrogens with zero attached hydrogens (tertiary/aromatic N) is 3.